The lowest BCUT2D eigenvalue weighted by Crippen LogP contribution is -2.26. The van der Waals surface area contributed by atoms with Gasteiger partial charge in [0.25, 0.3) is 5.91 Å². The fraction of sp³-hybridized carbons (Fsp3) is 0.333. The van der Waals surface area contributed by atoms with E-state index in [0.717, 1.165) is 29.4 Å². The first-order chi connectivity index (χ1) is 11.1. The lowest BCUT2D eigenvalue weighted by molar-refractivity contribution is 0.0752. The molecule has 23 heavy (non-hydrogen) atoms. The molecule has 0 unspecified atom stereocenters. The number of carbonyl (C=O) groups excluding carboxylic acids is 1. The van der Waals surface area contributed by atoms with Gasteiger partial charge in [-0.15, -0.1) is 0 Å². The number of carbonyl (C=O) groups is 1. The first-order valence-electron chi connectivity index (χ1n) is 7.77. The molecule has 0 spiro atoms. The minimum absolute atomic E-state index is 0.154. The van der Waals surface area contributed by atoms with E-state index >= 15 is 0 Å². The number of amides is 1. The zero-order chi connectivity index (χ0) is 16.4. The summed E-state index contributed by atoms with van der Waals surface area (Å²) in [5.74, 6) is 0.235. The quantitative estimate of drug-likeness (QED) is 0.715. The molecule has 120 valence electrons. The molecule has 2 aromatic heterocycles. The van der Waals surface area contributed by atoms with Crippen LogP contribution in [0.2, 0.25) is 0 Å². The number of hydrogen-bond donors (Lipinski definition) is 0. The molecular weight excluding hydrogens is 292 g/mol. The van der Waals surface area contributed by atoms with Crippen molar-refractivity contribution in [3.05, 3.63) is 53.1 Å². The summed E-state index contributed by atoms with van der Waals surface area (Å²) >= 11 is 0. The normalized spacial score (nSPS) is 11.1. The molecule has 0 saturated carbocycles. The predicted molar refractivity (Wildman–Crippen MR) is 87.2 cm³/mol. The van der Waals surface area contributed by atoms with Gasteiger partial charge in [-0.2, -0.15) is 0 Å². The van der Waals surface area contributed by atoms with E-state index in [9.17, 15) is 4.79 Å². The summed E-state index contributed by atoms with van der Waals surface area (Å²) in [5.41, 5.74) is 3.61. The van der Waals surface area contributed by atoms with E-state index in [-0.39, 0.29) is 5.91 Å². The van der Waals surface area contributed by atoms with Gasteiger partial charge in [0.15, 0.2) is 5.76 Å². The minimum atomic E-state index is -0.154. The summed E-state index contributed by atoms with van der Waals surface area (Å²) in [7, 11) is 1.73. The molecule has 0 aliphatic heterocycles. The fourth-order valence-electron chi connectivity index (χ4n) is 2.72. The van der Waals surface area contributed by atoms with Crippen molar-refractivity contribution in [1.29, 1.82) is 0 Å². The maximum Gasteiger partial charge on any atom is 0.289 e. The van der Waals surface area contributed by atoms with Gasteiger partial charge in [-0.3, -0.25) is 4.79 Å². The Morgan fingerprint density at radius 1 is 1.30 bits per heavy atom. The average Bonchev–Trinajstić information content (AvgIpc) is 3.15. The van der Waals surface area contributed by atoms with E-state index in [1.807, 2.05) is 13.0 Å². The van der Waals surface area contributed by atoms with Gasteiger partial charge < -0.3 is 13.8 Å². The number of hydrogen-bond acceptors (Lipinski definition) is 4. The molecule has 1 aromatic carbocycles. The van der Waals surface area contributed by atoms with Crippen LogP contribution in [0.1, 0.15) is 40.7 Å². The molecule has 0 radical (unpaired) electrons. The highest BCUT2D eigenvalue weighted by Crippen LogP contribution is 2.27. The summed E-state index contributed by atoms with van der Waals surface area (Å²) in [4.78, 5) is 14.2. The van der Waals surface area contributed by atoms with Crippen LogP contribution in [-0.2, 0) is 13.0 Å². The van der Waals surface area contributed by atoms with Crippen molar-refractivity contribution in [2.24, 2.45) is 0 Å². The smallest absolute Gasteiger partial charge is 0.289 e. The molecule has 0 fully saturated rings. The van der Waals surface area contributed by atoms with Crippen LogP contribution in [0.5, 0.6) is 0 Å². The van der Waals surface area contributed by atoms with Crippen LogP contribution in [0.4, 0.5) is 0 Å². The number of rotatable bonds is 5. The third-order valence-electron chi connectivity index (χ3n) is 3.97. The van der Waals surface area contributed by atoms with Crippen LogP contribution in [0.15, 0.2) is 39.5 Å². The Bertz CT molecular complexity index is 818. The summed E-state index contributed by atoms with van der Waals surface area (Å²) in [5, 5.41) is 4.84. The van der Waals surface area contributed by atoms with E-state index < -0.39 is 0 Å². The molecule has 0 aliphatic carbocycles. The lowest BCUT2D eigenvalue weighted by atomic mass is 10.1. The third kappa shape index (κ3) is 2.99. The van der Waals surface area contributed by atoms with Gasteiger partial charge in [0.1, 0.15) is 17.5 Å². The van der Waals surface area contributed by atoms with Crippen molar-refractivity contribution < 1.29 is 13.7 Å². The lowest BCUT2D eigenvalue weighted by Gasteiger charge is -2.14. The minimum Gasteiger partial charge on any atom is -0.451 e. The summed E-state index contributed by atoms with van der Waals surface area (Å²) in [6.45, 7) is 4.46. The molecule has 5 nitrogen and oxygen atoms in total. The van der Waals surface area contributed by atoms with Crippen LogP contribution in [-0.4, -0.2) is 23.0 Å². The molecule has 0 atom stereocenters. The van der Waals surface area contributed by atoms with Gasteiger partial charge in [-0.25, -0.2) is 0 Å². The highest BCUT2D eigenvalue weighted by atomic mass is 16.5. The molecule has 0 N–H and O–H groups in total. The first-order valence-corrected chi connectivity index (χ1v) is 7.77. The van der Waals surface area contributed by atoms with E-state index in [1.54, 1.807) is 18.0 Å². The van der Waals surface area contributed by atoms with E-state index in [4.69, 9.17) is 8.94 Å². The number of furan rings is 1. The Morgan fingerprint density at radius 2 is 2.13 bits per heavy atom. The van der Waals surface area contributed by atoms with E-state index in [1.165, 1.54) is 11.8 Å². The van der Waals surface area contributed by atoms with Crippen LogP contribution < -0.4 is 0 Å². The SMILES string of the molecule is CCCc1ccc2oc(C(=O)N(C)Cc3ccon3)c(C)c2c1. The maximum absolute atomic E-state index is 12.6. The number of benzene rings is 1. The van der Waals surface area contributed by atoms with Crippen molar-refractivity contribution in [2.45, 2.75) is 33.2 Å². The van der Waals surface area contributed by atoms with Crippen molar-refractivity contribution in [1.82, 2.24) is 10.1 Å². The summed E-state index contributed by atoms with van der Waals surface area (Å²) < 4.78 is 10.6. The Hall–Kier alpha value is -2.56. The van der Waals surface area contributed by atoms with Gasteiger partial charge in [0.05, 0.1) is 6.54 Å². The molecule has 3 aromatic rings. The van der Waals surface area contributed by atoms with Gasteiger partial charge in [-0.1, -0.05) is 24.6 Å². The molecule has 3 rings (SSSR count). The van der Waals surface area contributed by atoms with Gasteiger partial charge in [-0.05, 0) is 31.0 Å². The van der Waals surface area contributed by atoms with Crippen molar-refractivity contribution in [3.63, 3.8) is 0 Å². The monoisotopic (exact) mass is 312 g/mol. The fourth-order valence-corrected chi connectivity index (χ4v) is 2.72. The van der Waals surface area contributed by atoms with E-state index in [2.05, 4.69) is 24.2 Å². The zero-order valence-corrected chi connectivity index (χ0v) is 13.6. The standard InChI is InChI=1S/C18H20N2O3/c1-4-5-13-6-7-16-15(10-13)12(2)17(23-16)18(21)20(3)11-14-8-9-22-19-14/h6-10H,4-5,11H2,1-3H3. The number of nitrogens with zero attached hydrogens (tertiary/aromatic N) is 2. The Kier molecular flexibility index (Phi) is 4.19. The molecular formula is C18H20N2O3. The number of aromatic nitrogens is 1. The van der Waals surface area contributed by atoms with Crippen molar-refractivity contribution in [2.75, 3.05) is 7.05 Å². The highest BCUT2D eigenvalue weighted by molar-refractivity contribution is 5.98. The van der Waals surface area contributed by atoms with Crippen LogP contribution >= 0.6 is 0 Å². The largest absolute Gasteiger partial charge is 0.451 e. The zero-order valence-electron chi connectivity index (χ0n) is 13.6. The van der Waals surface area contributed by atoms with Gasteiger partial charge in [0, 0.05) is 24.1 Å². The number of fused-ring (bicyclic) bond motifs is 1. The maximum atomic E-state index is 12.6. The predicted octanol–water partition coefficient (Wildman–Crippen LogP) is 3.95. The molecule has 0 saturated heterocycles. The van der Waals surface area contributed by atoms with Crippen molar-refractivity contribution in [3.8, 4) is 0 Å². The van der Waals surface area contributed by atoms with Gasteiger partial charge >= 0.3 is 0 Å². The molecule has 1 amide bonds. The number of aryl methyl sites for hydroxylation is 2. The second-order valence-corrected chi connectivity index (χ2v) is 5.79. The highest BCUT2D eigenvalue weighted by Gasteiger charge is 2.21. The first kappa shape index (κ1) is 15.3. The van der Waals surface area contributed by atoms with Crippen LogP contribution in [0.25, 0.3) is 11.0 Å². The second kappa shape index (κ2) is 6.28. The second-order valence-electron chi connectivity index (χ2n) is 5.79. The molecule has 5 heteroatoms. The molecule has 2 heterocycles. The summed E-state index contributed by atoms with van der Waals surface area (Å²) in [6, 6.07) is 7.86. The van der Waals surface area contributed by atoms with Crippen LogP contribution in [0, 0.1) is 6.92 Å². The van der Waals surface area contributed by atoms with E-state index in [0.29, 0.717) is 18.0 Å². The Morgan fingerprint density at radius 3 is 2.83 bits per heavy atom. The molecule has 0 aliphatic rings. The third-order valence-corrected chi connectivity index (χ3v) is 3.97. The Labute approximate surface area is 134 Å². The Balaban J connectivity index is 1.89. The average molecular weight is 312 g/mol. The molecule has 0 bridgehead atoms. The van der Waals surface area contributed by atoms with Crippen LogP contribution in [0.3, 0.4) is 0 Å². The van der Waals surface area contributed by atoms with Crippen molar-refractivity contribution >= 4 is 16.9 Å². The van der Waals surface area contributed by atoms with Gasteiger partial charge in [0.2, 0.25) is 0 Å². The topological polar surface area (TPSA) is 59.5 Å². The summed E-state index contributed by atoms with van der Waals surface area (Å²) in [6.07, 6.45) is 3.61.